The Morgan fingerprint density at radius 1 is 0.607 bits per heavy atom. The van der Waals surface area contributed by atoms with E-state index in [-0.39, 0.29) is 11.8 Å². The number of hydrogen-bond acceptors (Lipinski definition) is 2. The third kappa shape index (κ3) is 2.26. The highest BCUT2D eigenvalue weighted by Gasteiger charge is 2.59. The fourth-order valence-corrected chi connectivity index (χ4v) is 6.65. The van der Waals surface area contributed by atoms with Gasteiger partial charge in [-0.2, -0.15) is 0 Å². The van der Waals surface area contributed by atoms with Crippen LogP contribution in [-0.2, 0) is 5.41 Å². The first-order valence-electron chi connectivity index (χ1n) is 9.67. The van der Waals surface area contributed by atoms with Crippen LogP contribution in [0.1, 0.15) is 43.2 Å². The second-order valence-electron chi connectivity index (χ2n) is 8.75. The predicted molar refractivity (Wildman–Crippen MR) is 93.9 cm³/mol. The van der Waals surface area contributed by atoms with Gasteiger partial charge in [0.25, 0.3) is 0 Å². The lowest BCUT2D eigenvalue weighted by atomic mass is 9.42. The monoisotopic (exact) mass is 392 g/mol. The largest absolute Gasteiger partial charge is 0.503 e. The van der Waals surface area contributed by atoms with Crippen LogP contribution in [-0.4, -0.2) is 10.2 Å². The van der Waals surface area contributed by atoms with Gasteiger partial charge in [-0.3, -0.25) is 0 Å². The molecule has 0 radical (unpaired) electrons. The van der Waals surface area contributed by atoms with Crippen LogP contribution in [0.15, 0.2) is 24.3 Å². The van der Waals surface area contributed by atoms with Crippen LogP contribution < -0.4 is 0 Å². The van der Waals surface area contributed by atoms with Gasteiger partial charge in [-0.25, -0.2) is 17.6 Å². The Bertz CT molecular complexity index is 837. The van der Waals surface area contributed by atoms with Gasteiger partial charge in [0, 0.05) is 5.41 Å². The molecule has 0 heterocycles. The van der Waals surface area contributed by atoms with E-state index >= 15 is 0 Å². The van der Waals surface area contributed by atoms with Gasteiger partial charge in [0.1, 0.15) is 0 Å². The molecule has 0 aliphatic heterocycles. The number of phenolic OH excluding ortho intramolecular Hbond substituents is 2. The van der Waals surface area contributed by atoms with Crippen molar-refractivity contribution < 1.29 is 27.8 Å². The Morgan fingerprint density at radius 2 is 0.929 bits per heavy atom. The fourth-order valence-electron chi connectivity index (χ4n) is 6.65. The standard InChI is InChI=1S/C22H20F4O2/c23-16-6-14(7-17(24)20(16)27)22(15-8-18(25)21(28)19(26)9-15)12-2-10-1-11(4-12)5-13(22)3-10/h6-13,27-28H,1-5H2. The maximum Gasteiger partial charge on any atom is 0.187 e. The molecule has 4 saturated carbocycles. The highest BCUT2D eigenvalue weighted by Crippen LogP contribution is 2.65. The average Bonchev–Trinajstić information content (AvgIpc) is 2.63. The second-order valence-corrected chi connectivity index (χ2v) is 8.75. The zero-order valence-electron chi connectivity index (χ0n) is 15.1. The van der Waals surface area contributed by atoms with Crippen molar-refractivity contribution in [3.63, 3.8) is 0 Å². The van der Waals surface area contributed by atoms with Crippen molar-refractivity contribution in [1.29, 1.82) is 0 Å². The lowest BCUT2D eigenvalue weighted by Crippen LogP contribution is -2.56. The number of phenols is 2. The topological polar surface area (TPSA) is 40.5 Å². The first kappa shape index (κ1) is 17.8. The third-order valence-corrected chi connectivity index (χ3v) is 7.42. The minimum atomic E-state index is -1.08. The SMILES string of the molecule is Oc1c(F)cc(C2(c3cc(F)c(O)c(F)c3)C3CC4CC(C3)CC2C4)cc1F. The molecule has 28 heavy (non-hydrogen) atoms. The molecule has 6 heteroatoms. The van der Waals surface area contributed by atoms with Crippen LogP contribution in [0.25, 0.3) is 0 Å². The van der Waals surface area contributed by atoms with Crippen molar-refractivity contribution in [3.8, 4) is 11.5 Å². The van der Waals surface area contributed by atoms with Gasteiger partial charge >= 0.3 is 0 Å². The fraction of sp³-hybridized carbons (Fsp3) is 0.455. The zero-order valence-corrected chi connectivity index (χ0v) is 15.1. The predicted octanol–water partition coefficient (Wildman–Crippen LogP) is 5.40. The minimum Gasteiger partial charge on any atom is -0.503 e. The zero-order chi connectivity index (χ0) is 19.8. The van der Waals surface area contributed by atoms with E-state index in [2.05, 4.69) is 0 Å². The molecule has 0 atom stereocenters. The van der Waals surface area contributed by atoms with Crippen molar-refractivity contribution in [3.05, 3.63) is 58.7 Å². The maximum atomic E-state index is 14.3. The van der Waals surface area contributed by atoms with Crippen molar-refractivity contribution in [2.24, 2.45) is 23.7 Å². The summed E-state index contributed by atoms with van der Waals surface area (Å²) in [6.45, 7) is 0. The van der Waals surface area contributed by atoms with Gasteiger partial charge in [-0.05, 0) is 91.2 Å². The third-order valence-electron chi connectivity index (χ3n) is 7.42. The lowest BCUT2D eigenvalue weighted by Gasteiger charge is -2.62. The molecule has 2 nitrogen and oxygen atoms in total. The summed E-state index contributed by atoms with van der Waals surface area (Å²) in [5, 5.41) is 19.1. The van der Waals surface area contributed by atoms with Gasteiger partial charge in [-0.15, -0.1) is 0 Å². The molecule has 148 valence electrons. The van der Waals surface area contributed by atoms with E-state index in [0.29, 0.717) is 23.0 Å². The van der Waals surface area contributed by atoms with Gasteiger partial charge < -0.3 is 10.2 Å². The summed E-state index contributed by atoms with van der Waals surface area (Å²) in [4.78, 5) is 0. The smallest absolute Gasteiger partial charge is 0.187 e. The first-order chi connectivity index (χ1) is 13.3. The molecule has 0 amide bonds. The number of benzene rings is 2. The van der Waals surface area contributed by atoms with E-state index in [0.717, 1.165) is 56.4 Å². The number of aromatic hydroxyl groups is 2. The molecule has 4 aliphatic rings. The van der Waals surface area contributed by atoms with Crippen molar-refractivity contribution >= 4 is 0 Å². The van der Waals surface area contributed by atoms with E-state index in [1.165, 1.54) is 0 Å². The summed E-state index contributed by atoms with van der Waals surface area (Å²) in [5.41, 5.74) is -0.338. The molecule has 2 N–H and O–H groups in total. The molecule has 2 aromatic carbocycles. The van der Waals surface area contributed by atoms with Crippen LogP contribution in [0.4, 0.5) is 17.6 Å². The molecule has 0 aromatic heterocycles. The van der Waals surface area contributed by atoms with E-state index in [1.54, 1.807) is 0 Å². The molecule has 4 aliphatic carbocycles. The summed E-state index contributed by atoms with van der Waals surface area (Å²) in [5.74, 6) is -5.39. The summed E-state index contributed by atoms with van der Waals surface area (Å²) in [7, 11) is 0. The summed E-state index contributed by atoms with van der Waals surface area (Å²) in [6.07, 6.45) is 4.48. The van der Waals surface area contributed by atoms with E-state index < -0.39 is 40.2 Å². The number of rotatable bonds is 2. The molecule has 0 unspecified atom stereocenters. The molecule has 6 rings (SSSR count). The van der Waals surface area contributed by atoms with Crippen LogP contribution in [0.5, 0.6) is 11.5 Å². The maximum absolute atomic E-state index is 14.3. The van der Waals surface area contributed by atoms with Gasteiger partial charge in [0.05, 0.1) is 0 Å². The molecular weight excluding hydrogens is 372 g/mol. The molecule has 0 saturated heterocycles. The van der Waals surface area contributed by atoms with Crippen LogP contribution in [0.2, 0.25) is 0 Å². The Morgan fingerprint density at radius 3 is 1.25 bits per heavy atom. The van der Waals surface area contributed by atoms with Crippen LogP contribution in [0, 0.1) is 46.9 Å². The summed E-state index contributed by atoms with van der Waals surface area (Å²) in [6, 6.07) is 4.40. The first-order valence-corrected chi connectivity index (χ1v) is 9.67. The average molecular weight is 392 g/mol. The Kier molecular flexibility index (Phi) is 3.74. The summed E-state index contributed by atoms with van der Waals surface area (Å²) < 4.78 is 57.1. The Balaban J connectivity index is 1.79. The Hall–Kier alpha value is -2.24. The number of halogens is 4. The van der Waals surface area contributed by atoms with Crippen LogP contribution in [0.3, 0.4) is 0 Å². The molecule has 2 aromatic rings. The van der Waals surface area contributed by atoms with Gasteiger partial charge in [-0.1, -0.05) is 0 Å². The molecule has 4 fully saturated rings. The van der Waals surface area contributed by atoms with Gasteiger partial charge in [0.2, 0.25) is 0 Å². The minimum absolute atomic E-state index is 0.00423. The Labute approximate surface area is 159 Å². The highest BCUT2D eigenvalue weighted by atomic mass is 19.1. The van der Waals surface area contributed by atoms with E-state index in [1.807, 2.05) is 0 Å². The molecular formula is C22H20F4O2. The lowest BCUT2D eigenvalue weighted by molar-refractivity contribution is -0.0422. The van der Waals surface area contributed by atoms with E-state index in [9.17, 15) is 27.8 Å². The highest BCUT2D eigenvalue weighted by molar-refractivity contribution is 5.48. The molecule has 4 bridgehead atoms. The number of hydrogen-bond donors (Lipinski definition) is 2. The normalized spacial score (nSPS) is 30.0. The van der Waals surface area contributed by atoms with Gasteiger partial charge in [0.15, 0.2) is 34.8 Å². The van der Waals surface area contributed by atoms with Crippen molar-refractivity contribution in [2.45, 2.75) is 37.5 Å². The quantitative estimate of drug-likeness (QED) is 0.672. The molecule has 0 spiro atoms. The van der Waals surface area contributed by atoms with Crippen LogP contribution >= 0.6 is 0 Å². The summed E-state index contributed by atoms with van der Waals surface area (Å²) >= 11 is 0. The second kappa shape index (κ2) is 5.88. The van der Waals surface area contributed by atoms with E-state index in [4.69, 9.17) is 0 Å². The van der Waals surface area contributed by atoms with Crippen molar-refractivity contribution in [2.75, 3.05) is 0 Å². The van der Waals surface area contributed by atoms with Crippen molar-refractivity contribution in [1.82, 2.24) is 0 Å².